The Labute approximate surface area is 91.7 Å². The van der Waals surface area contributed by atoms with Crippen molar-refractivity contribution < 1.29 is 5.11 Å². The van der Waals surface area contributed by atoms with Crippen molar-refractivity contribution in [1.82, 2.24) is 4.90 Å². The van der Waals surface area contributed by atoms with Gasteiger partial charge in [0.1, 0.15) is 0 Å². The lowest BCUT2D eigenvalue weighted by atomic mass is 9.91. The molecular weight excluding hydrogens is 188 g/mol. The van der Waals surface area contributed by atoms with Gasteiger partial charge in [0.15, 0.2) is 0 Å². The molecule has 0 aromatic heterocycles. The van der Waals surface area contributed by atoms with E-state index in [2.05, 4.69) is 11.0 Å². The maximum atomic E-state index is 9.99. The molecule has 2 atom stereocenters. The van der Waals surface area contributed by atoms with Crippen molar-refractivity contribution in [2.24, 2.45) is 0 Å². The van der Waals surface area contributed by atoms with Crippen LogP contribution in [0.25, 0.3) is 0 Å². The predicted molar refractivity (Wildman–Crippen MR) is 58.2 cm³/mol. The minimum Gasteiger partial charge on any atom is -0.391 e. The summed E-state index contributed by atoms with van der Waals surface area (Å²) in [5.41, 5.74) is 0. The summed E-state index contributed by atoms with van der Waals surface area (Å²) < 4.78 is 0. The molecule has 0 unspecified atom stereocenters. The lowest BCUT2D eigenvalue weighted by Crippen LogP contribution is -2.47. The van der Waals surface area contributed by atoms with E-state index in [0.29, 0.717) is 18.5 Å². The van der Waals surface area contributed by atoms with Crippen LogP contribution in [0.4, 0.5) is 0 Å². The molecule has 0 aromatic carbocycles. The van der Waals surface area contributed by atoms with E-state index in [9.17, 15) is 5.11 Å². The first-order valence-corrected chi connectivity index (χ1v) is 6.13. The molecule has 3 nitrogen and oxygen atoms in total. The van der Waals surface area contributed by atoms with Crippen molar-refractivity contribution >= 4 is 0 Å². The SMILES string of the molecule is N#CCCN(C1CC1)[C@H]1CCCC[C@@H]1O. The summed E-state index contributed by atoms with van der Waals surface area (Å²) in [6.45, 7) is 0.850. The van der Waals surface area contributed by atoms with Gasteiger partial charge in [-0.3, -0.25) is 4.90 Å². The van der Waals surface area contributed by atoms with Gasteiger partial charge in [-0.15, -0.1) is 0 Å². The maximum absolute atomic E-state index is 9.99. The van der Waals surface area contributed by atoms with Crippen molar-refractivity contribution in [1.29, 1.82) is 5.26 Å². The van der Waals surface area contributed by atoms with E-state index in [-0.39, 0.29) is 6.10 Å². The quantitative estimate of drug-likeness (QED) is 0.764. The molecule has 0 aliphatic heterocycles. The number of nitrogens with zero attached hydrogens (tertiary/aromatic N) is 2. The average molecular weight is 208 g/mol. The summed E-state index contributed by atoms with van der Waals surface area (Å²) in [5, 5.41) is 18.6. The van der Waals surface area contributed by atoms with Crippen LogP contribution in [0.5, 0.6) is 0 Å². The molecule has 0 heterocycles. The van der Waals surface area contributed by atoms with Crippen molar-refractivity contribution in [3.8, 4) is 6.07 Å². The lowest BCUT2D eigenvalue weighted by molar-refractivity contribution is 0.0164. The van der Waals surface area contributed by atoms with Crippen LogP contribution < -0.4 is 0 Å². The highest BCUT2D eigenvalue weighted by molar-refractivity contribution is 4.94. The van der Waals surface area contributed by atoms with Gasteiger partial charge in [0.25, 0.3) is 0 Å². The van der Waals surface area contributed by atoms with E-state index in [1.165, 1.54) is 19.3 Å². The third kappa shape index (κ3) is 2.70. The van der Waals surface area contributed by atoms with E-state index < -0.39 is 0 Å². The van der Waals surface area contributed by atoms with Gasteiger partial charge in [0.05, 0.1) is 12.2 Å². The number of aliphatic hydroxyl groups excluding tert-OH is 1. The number of hydrogen-bond acceptors (Lipinski definition) is 3. The van der Waals surface area contributed by atoms with Gasteiger partial charge in [-0.05, 0) is 25.7 Å². The second-order valence-electron chi connectivity index (χ2n) is 4.80. The Kier molecular flexibility index (Phi) is 3.61. The normalized spacial score (nSPS) is 31.5. The van der Waals surface area contributed by atoms with E-state index in [1.807, 2.05) is 0 Å². The molecule has 2 fully saturated rings. The third-order valence-corrected chi connectivity index (χ3v) is 3.62. The van der Waals surface area contributed by atoms with Crippen LogP contribution in [-0.2, 0) is 0 Å². The fourth-order valence-corrected chi connectivity index (χ4v) is 2.68. The molecule has 2 rings (SSSR count). The zero-order valence-electron chi connectivity index (χ0n) is 9.23. The van der Waals surface area contributed by atoms with Gasteiger partial charge in [-0.1, -0.05) is 12.8 Å². The van der Waals surface area contributed by atoms with Gasteiger partial charge < -0.3 is 5.11 Å². The highest BCUT2D eigenvalue weighted by Crippen LogP contribution is 2.33. The standard InChI is InChI=1S/C12H20N2O/c13-8-3-9-14(10-6-7-10)11-4-1-2-5-12(11)15/h10-12,15H,1-7,9H2/t11-,12-/m0/s1. The second kappa shape index (κ2) is 4.96. The molecule has 2 saturated carbocycles. The van der Waals surface area contributed by atoms with Gasteiger partial charge in [-0.2, -0.15) is 5.26 Å². The van der Waals surface area contributed by atoms with Gasteiger partial charge in [0, 0.05) is 25.0 Å². The molecule has 1 N–H and O–H groups in total. The smallest absolute Gasteiger partial charge is 0.0695 e. The molecule has 2 aliphatic carbocycles. The molecule has 2 aliphatic rings. The summed E-state index contributed by atoms with van der Waals surface area (Å²) in [4.78, 5) is 2.40. The number of hydrogen-bond donors (Lipinski definition) is 1. The number of aliphatic hydroxyl groups is 1. The fourth-order valence-electron chi connectivity index (χ4n) is 2.68. The van der Waals surface area contributed by atoms with Crippen molar-refractivity contribution in [2.45, 2.75) is 63.1 Å². The van der Waals surface area contributed by atoms with Crippen LogP contribution in [0, 0.1) is 11.3 Å². The summed E-state index contributed by atoms with van der Waals surface area (Å²) in [6.07, 6.45) is 7.41. The van der Waals surface area contributed by atoms with Crippen LogP contribution in [0.1, 0.15) is 44.9 Å². The summed E-state index contributed by atoms with van der Waals surface area (Å²) in [5.74, 6) is 0. The molecule has 0 radical (unpaired) electrons. The zero-order valence-corrected chi connectivity index (χ0v) is 9.23. The Morgan fingerprint density at radius 2 is 1.93 bits per heavy atom. The lowest BCUT2D eigenvalue weighted by Gasteiger charge is -2.37. The van der Waals surface area contributed by atoms with Crippen molar-refractivity contribution in [3.05, 3.63) is 0 Å². The van der Waals surface area contributed by atoms with Crippen LogP contribution in [-0.4, -0.2) is 34.7 Å². The molecule has 0 spiro atoms. The monoisotopic (exact) mass is 208 g/mol. The first-order valence-electron chi connectivity index (χ1n) is 6.13. The Bertz CT molecular complexity index is 244. The summed E-state index contributed by atoms with van der Waals surface area (Å²) in [7, 11) is 0. The van der Waals surface area contributed by atoms with Crippen molar-refractivity contribution in [3.63, 3.8) is 0 Å². The Balaban J connectivity index is 1.93. The summed E-state index contributed by atoms with van der Waals surface area (Å²) in [6, 6.07) is 3.21. The topological polar surface area (TPSA) is 47.3 Å². The molecule has 84 valence electrons. The molecule has 0 aromatic rings. The van der Waals surface area contributed by atoms with E-state index in [4.69, 9.17) is 5.26 Å². The minimum atomic E-state index is -0.155. The van der Waals surface area contributed by atoms with E-state index in [0.717, 1.165) is 25.8 Å². The van der Waals surface area contributed by atoms with Gasteiger partial charge in [-0.25, -0.2) is 0 Å². The molecule has 15 heavy (non-hydrogen) atoms. The molecule has 0 bridgehead atoms. The Morgan fingerprint density at radius 1 is 1.20 bits per heavy atom. The molecular formula is C12H20N2O. The minimum absolute atomic E-state index is 0.155. The fraction of sp³-hybridized carbons (Fsp3) is 0.917. The van der Waals surface area contributed by atoms with Crippen molar-refractivity contribution in [2.75, 3.05) is 6.54 Å². The van der Waals surface area contributed by atoms with Crippen LogP contribution in [0.2, 0.25) is 0 Å². The first-order chi connectivity index (χ1) is 7.33. The largest absolute Gasteiger partial charge is 0.391 e. The summed E-state index contributed by atoms with van der Waals surface area (Å²) >= 11 is 0. The molecule has 3 heteroatoms. The highest BCUT2D eigenvalue weighted by atomic mass is 16.3. The Morgan fingerprint density at radius 3 is 2.53 bits per heavy atom. The average Bonchev–Trinajstić information content (AvgIpc) is 3.05. The molecule has 0 saturated heterocycles. The second-order valence-corrected chi connectivity index (χ2v) is 4.80. The first kappa shape index (κ1) is 10.9. The highest BCUT2D eigenvalue weighted by Gasteiger charge is 2.37. The van der Waals surface area contributed by atoms with E-state index in [1.54, 1.807) is 0 Å². The van der Waals surface area contributed by atoms with Crippen LogP contribution in [0.3, 0.4) is 0 Å². The van der Waals surface area contributed by atoms with E-state index >= 15 is 0 Å². The zero-order chi connectivity index (χ0) is 10.7. The van der Waals surface area contributed by atoms with Gasteiger partial charge >= 0.3 is 0 Å². The molecule has 0 amide bonds. The third-order valence-electron chi connectivity index (χ3n) is 3.62. The van der Waals surface area contributed by atoms with Gasteiger partial charge in [0.2, 0.25) is 0 Å². The maximum Gasteiger partial charge on any atom is 0.0695 e. The van der Waals surface area contributed by atoms with Crippen LogP contribution >= 0.6 is 0 Å². The predicted octanol–water partition coefficient (Wildman–Crippen LogP) is 1.67. The number of nitriles is 1. The number of rotatable bonds is 4. The Hall–Kier alpha value is -0.590. The van der Waals surface area contributed by atoms with Crippen LogP contribution in [0.15, 0.2) is 0 Å².